The number of ether oxygens (including phenoxy) is 1. The number of anilines is 1. The topological polar surface area (TPSA) is 86.8 Å². The predicted octanol–water partition coefficient (Wildman–Crippen LogP) is 6.40. The zero-order chi connectivity index (χ0) is 30.1. The standard InChI is InChI=1S/C35H41N5O3/c1-3-40(26-29-14-8-5-9-15-29)34(42)43-35(25-28-12-6-4-7-13-28)18-21-39(22-19-35)23-20-36-33(41)38-32-24-27(2)37-31-17-11-10-16-30(31)32/h4-17,24H,3,18-23,25-26H2,1-2H3,(H2,36,37,38,41). The second-order valence-electron chi connectivity index (χ2n) is 11.3. The summed E-state index contributed by atoms with van der Waals surface area (Å²) in [5, 5.41) is 6.90. The maximum absolute atomic E-state index is 13.5. The van der Waals surface area contributed by atoms with Crippen LogP contribution >= 0.6 is 0 Å². The Hall–Kier alpha value is -4.43. The third-order valence-electron chi connectivity index (χ3n) is 8.10. The number of piperidine rings is 1. The molecule has 224 valence electrons. The third-order valence-corrected chi connectivity index (χ3v) is 8.10. The molecule has 0 spiro atoms. The van der Waals surface area contributed by atoms with Gasteiger partial charge in [0.2, 0.25) is 0 Å². The van der Waals surface area contributed by atoms with Gasteiger partial charge in [-0.1, -0.05) is 78.9 Å². The van der Waals surface area contributed by atoms with Gasteiger partial charge in [-0.25, -0.2) is 9.59 Å². The molecule has 8 heteroatoms. The first-order valence-electron chi connectivity index (χ1n) is 15.1. The molecule has 0 radical (unpaired) electrons. The number of hydrogen-bond donors (Lipinski definition) is 2. The van der Waals surface area contributed by atoms with Crippen LogP contribution in [-0.4, -0.2) is 65.2 Å². The first-order valence-corrected chi connectivity index (χ1v) is 15.1. The van der Waals surface area contributed by atoms with Crippen molar-refractivity contribution in [2.75, 3.05) is 38.0 Å². The Labute approximate surface area is 254 Å². The van der Waals surface area contributed by atoms with Crippen LogP contribution in [0.3, 0.4) is 0 Å². The number of hydrogen-bond acceptors (Lipinski definition) is 5. The van der Waals surface area contributed by atoms with E-state index >= 15 is 0 Å². The van der Waals surface area contributed by atoms with Crippen LogP contribution in [0.2, 0.25) is 0 Å². The second kappa shape index (κ2) is 14.2. The molecule has 4 aromatic rings. The average Bonchev–Trinajstić information content (AvgIpc) is 3.02. The molecule has 3 aromatic carbocycles. The molecule has 2 N–H and O–H groups in total. The molecule has 0 bridgehead atoms. The number of carbonyl (C=O) groups excluding carboxylic acids is 2. The molecule has 1 aromatic heterocycles. The minimum Gasteiger partial charge on any atom is -0.442 e. The molecule has 1 fully saturated rings. The Kier molecular flexibility index (Phi) is 9.89. The van der Waals surface area contributed by atoms with Crippen LogP contribution in [-0.2, 0) is 17.7 Å². The van der Waals surface area contributed by atoms with Gasteiger partial charge in [0.05, 0.1) is 11.2 Å². The molecule has 0 aliphatic carbocycles. The number of urea groups is 1. The van der Waals surface area contributed by atoms with Crippen LogP contribution in [0.25, 0.3) is 10.9 Å². The minimum absolute atomic E-state index is 0.238. The van der Waals surface area contributed by atoms with Crippen molar-refractivity contribution in [3.63, 3.8) is 0 Å². The van der Waals surface area contributed by atoms with E-state index in [1.54, 1.807) is 4.90 Å². The van der Waals surface area contributed by atoms with Crippen LogP contribution in [0, 0.1) is 6.92 Å². The first-order chi connectivity index (χ1) is 20.9. The van der Waals surface area contributed by atoms with Gasteiger partial charge in [0.1, 0.15) is 5.60 Å². The molecule has 3 amide bonds. The molecule has 0 atom stereocenters. The number of amides is 3. The summed E-state index contributed by atoms with van der Waals surface area (Å²) >= 11 is 0. The van der Waals surface area contributed by atoms with E-state index in [0.717, 1.165) is 59.3 Å². The number of rotatable bonds is 10. The normalized spacial score (nSPS) is 14.7. The summed E-state index contributed by atoms with van der Waals surface area (Å²) in [4.78, 5) is 34.8. The van der Waals surface area contributed by atoms with Crippen LogP contribution < -0.4 is 10.6 Å². The number of benzene rings is 3. The highest BCUT2D eigenvalue weighted by molar-refractivity contribution is 6.00. The summed E-state index contributed by atoms with van der Waals surface area (Å²) in [6.07, 6.45) is 1.86. The zero-order valence-corrected chi connectivity index (χ0v) is 25.1. The Bertz CT molecular complexity index is 1500. The van der Waals surface area contributed by atoms with Crippen LogP contribution in [0.5, 0.6) is 0 Å². The van der Waals surface area contributed by atoms with Crippen LogP contribution in [0.15, 0.2) is 91.0 Å². The monoisotopic (exact) mass is 579 g/mol. The quantitative estimate of drug-likeness (QED) is 0.227. The molecule has 5 rings (SSSR count). The van der Waals surface area contributed by atoms with E-state index in [-0.39, 0.29) is 12.1 Å². The summed E-state index contributed by atoms with van der Waals surface area (Å²) in [6.45, 7) is 7.79. The number of carbonyl (C=O) groups is 2. The van der Waals surface area contributed by atoms with Crippen molar-refractivity contribution in [3.05, 3.63) is 108 Å². The molecule has 43 heavy (non-hydrogen) atoms. The van der Waals surface area contributed by atoms with E-state index in [9.17, 15) is 9.59 Å². The predicted molar refractivity (Wildman–Crippen MR) is 171 cm³/mol. The lowest BCUT2D eigenvalue weighted by atomic mass is 9.85. The maximum Gasteiger partial charge on any atom is 0.410 e. The number of aryl methyl sites for hydroxylation is 1. The van der Waals surface area contributed by atoms with Crippen LogP contribution in [0.4, 0.5) is 15.3 Å². The molecule has 1 aliphatic heterocycles. The van der Waals surface area contributed by atoms with Crippen molar-refractivity contribution >= 4 is 28.7 Å². The summed E-state index contributed by atoms with van der Waals surface area (Å²) < 4.78 is 6.39. The summed E-state index contributed by atoms with van der Waals surface area (Å²) in [5.41, 5.74) is 4.12. The van der Waals surface area contributed by atoms with Crippen molar-refractivity contribution in [3.8, 4) is 0 Å². The fourth-order valence-electron chi connectivity index (χ4n) is 5.73. The molecular formula is C35H41N5O3. The molecular weight excluding hydrogens is 538 g/mol. The Balaban J connectivity index is 1.16. The highest BCUT2D eigenvalue weighted by Crippen LogP contribution is 2.31. The average molecular weight is 580 g/mol. The lowest BCUT2D eigenvalue weighted by Crippen LogP contribution is -2.51. The second-order valence-corrected chi connectivity index (χ2v) is 11.3. The van der Waals surface area contributed by atoms with E-state index in [4.69, 9.17) is 4.74 Å². The fourth-order valence-corrected chi connectivity index (χ4v) is 5.73. The lowest BCUT2D eigenvalue weighted by Gasteiger charge is -2.42. The van der Waals surface area contributed by atoms with E-state index in [1.165, 1.54) is 0 Å². The molecule has 8 nitrogen and oxygen atoms in total. The van der Waals surface area contributed by atoms with Gasteiger partial charge in [-0.3, -0.25) is 4.98 Å². The minimum atomic E-state index is -0.579. The van der Waals surface area contributed by atoms with Gasteiger partial charge >= 0.3 is 12.1 Å². The first kappa shape index (κ1) is 30.0. The summed E-state index contributed by atoms with van der Waals surface area (Å²) in [7, 11) is 0. The maximum atomic E-state index is 13.5. The van der Waals surface area contributed by atoms with Crippen molar-refractivity contribution < 1.29 is 14.3 Å². The SMILES string of the molecule is CCN(Cc1ccccc1)C(=O)OC1(Cc2ccccc2)CCN(CCNC(=O)Nc2cc(C)nc3ccccc23)CC1. The number of aromatic nitrogens is 1. The number of likely N-dealkylation sites (tertiary alicyclic amines) is 1. The lowest BCUT2D eigenvalue weighted by molar-refractivity contribution is -0.0492. The Morgan fingerprint density at radius 3 is 2.28 bits per heavy atom. The number of nitrogens with zero attached hydrogens (tertiary/aromatic N) is 3. The zero-order valence-electron chi connectivity index (χ0n) is 25.1. The smallest absolute Gasteiger partial charge is 0.410 e. The van der Waals surface area contributed by atoms with Crippen LogP contribution in [0.1, 0.15) is 36.6 Å². The molecule has 1 aliphatic rings. The van der Waals surface area contributed by atoms with Gasteiger partial charge in [-0.15, -0.1) is 0 Å². The number of nitrogens with one attached hydrogen (secondary N) is 2. The summed E-state index contributed by atoms with van der Waals surface area (Å²) in [6, 6.07) is 29.7. The highest BCUT2D eigenvalue weighted by Gasteiger charge is 2.39. The van der Waals surface area contributed by atoms with Gasteiger partial charge < -0.3 is 25.2 Å². The third kappa shape index (κ3) is 8.11. The molecule has 0 saturated carbocycles. The highest BCUT2D eigenvalue weighted by atomic mass is 16.6. The Morgan fingerprint density at radius 2 is 1.58 bits per heavy atom. The summed E-state index contributed by atoms with van der Waals surface area (Å²) in [5.74, 6) is 0. The fraction of sp³-hybridized carbons (Fsp3) is 0.343. The van der Waals surface area contributed by atoms with Crippen molar-refractivity contribution in [2.24, 2.45) is 0 Å². The van der Waals surface area contributed by atoms with Crippen molar-refractivity contribution in [1.82, 2.24) is 20.1 Å². The van der Waals surface area contributed by atoms with E-state index < -0.39 is 5.60 Å². The number of pyridine rings is 1. The van der Waals surface area contributed by atoms with Gasteiger partial charge in [-0.05, 0) is 37.1 Å². The van der Waals surface area contributed by atoms with Gasteiger partial charge in [0.15, 0.2) is 0 Å². The Morgan fingerprint density at radius 1 is 0.930 bits per heavy atom. The van der Waals surface area contributed by atoms with Gasteiger partial charge in [0, 0.05) is 69.6 Å². The van der Waals surface area contributed by atoms with Crippen molar-refractivity contribution in [1.29, 1.82) is 0 Å². The van der Waals surface area contributed by atoms with E-state index in [1.807, 2.05) is 92.7 Å². The molecule has 2 heterocycles. The molecule has 1 saturated heterocycles. The van der Waals surface area contributed by atoms with E-state index in [2.05, 4.69) is 32.7 Å². The largest absolute Gasteiger partial charge is 0.442 e. The van der Waals surface area contributed by atoms with E-state index in [0.29, 0.717) is 32.6 Å². The van der Waals surface area contributed by atoms with Crippen molar-refractivity contribution in [2.45, 2.75) is 45.3 Å². The number of para-hydroxylation sites is 1. The molecule has 0 unspecified atom stereocenters. The van der Waals surface area contributed by atoms with Gasteiger partial charge in [-0.2, -0.15) is 0 Å². The van der Waals surface area contributed by atoms with Gasteiger partial charge in [0.25, 0.3) is 0 Å². The number of fused-ring (bicyclic) bond motifs is 1.